The summed E-state index contributed by atoms with van der Waals surface area (Å²) in [6.07, 6.45) is -10.2. The molecule has 0 saturated carbocycles. The summed E-state index contributed by atoms with van der Waals surface area (Å²) in [5.74, 6) is -12.7. The van der Waals surface area contributed by atoms with Crippen molar-refractivity contribution in [2.24, 2.45) is 0 Å². The van der Waals surface area contributed by atoms with Crippen LogP contribution >= 0.6 is 0 Å². The van der Waals surface area contributed by atoms with Crippen molar-refractivity contribution in [3.63, 3.8) is 0 Å². The highest BCUT2D eigenvalue weighted by molar-refractivity contribution is 5.93. The Hall–Kier alpha value is -5.85. The molecule has 5 atom stereocenters. The van der Waals surface area contributed by atoms with Crippen molar-refractivity contribution in [3.05, 3.63) is 53.1 Å². The van der Waals surface area contributed by atoms with Crippen LogP contribution < -0.4 is 0 Å². The molecule has 1 aliphatic heterocycles. The van der Waals surface area contributed by atoms with Gasteiger partial charge in [0.25, 0.3) is 0 Å². The third-order valence-corrected chi connectivity index (χ3v) is 6.42. The molecule has 240 valence electrons. The number of hydrogen-bond acceptors (Lipinski definition) is 18. The van der Waals surface area contributed by atoms with Gasteiger partial charge in [0.1, 0.15) is 6.10 Å². The summed E-state index contributed by atoms with van der Waals surface area (Å²) < 4.78 is 21.0. The van der Waals surface area contributed by atoms with Crippen LogP contribution in [0.25, 0.3) is 0 Å². The lowest BCUT2D eigenvalue weighted by Crippen LogP contribution is -2.62. The van der Waals surface area contributed by atoms with Gasteiger partial charge in [0.15, 0.2) is 70.1 Å². The molecule has 18 heteroatoms. The zero-order chi connectivity index (χ0) is 33.3. The quantitative estimate of drug-likeness (QED) is 0.0902. The van der Waals surface area contributed by atoms with E-state index < -0.39 is 124 Å². The first kappa shape index (κ1) is 32.1. The largest absolute Gasteiger partial charge is 0.504 e. The van der Waals surface area contributed by atoms with E-state index in [0.29, 0.717) is 36.4 Å². The zero-order valence-corrected chi connectivity index (χ0v) is 22.3. The second-order valence-corrected chi connectivity index (χ2v) is 9.45. The van der Waals surface area contributed by atoms with Crippen molar-refractivity contribution in [1.82, 2.24) is 0 Å². The van der Waals surface area contributed by atoms with E-state index in [1.165, 1.54) is 0 Å². The molecular weight excluding hydrogens is 612 g/mol. The monoisotopic (exact) mass is 636 g/mol. The third kappa shape index (κ3) is 6.42. The standard InChI is InChI=1S/C27H24O18/c28-7-17-22(43-24(39)8-1-11(29)18(35)12(30)2-8)23(44-25(40)9-3-13(31)19(36)14(32)4-9)21(38)27(42-17)45-26(41)10-5-15(33)20(37)16(34)6-10/h1-6,17,21-23,27-38H,7H2/t17-,21-,22-,23-,27+/m1/s1. The van der Waals surface area contributed by atoms with Crippen LogP contribution in [-0.4, -0.2) is 111 Å². The van der Waals surface area contributed by atoms with Crippen LogP contribution in [0.5, 0.6) is 51.7 Å². The number of carbonyl (C=O) groups excluding carboxylic acids is 3. The SMILES string of the molecule is O=C(O[C@@H]1O[C@H](CO)[C@@H](OC(=O)c2cc(O)c(O)c(O)c2)[C@H](OC(=O)c2cc(O)c(O)c(O)c2)[C@H]1O)c1cc(O)c(O)c(O)c1. The van der Waals surface area contributed by atoms with Crippen LogP contribution in [0.3, 0.4) is 0 Å². The number of phenolic OH excluding ortho intramolecular Hbond substituents is 9. The van der Waals surface area contributed by atoms with Gasteiger partial charge in [0, 0.05) is 0 Å². The minimum atomic E-state index is -2.25. The maximum atomic E-state index is 13.0. The minimum Gasteiger partial charge on any atom is -0.504 e. The fourth-order valence-corrected chi connectivity index (χ4v) is 4.14. The number of ether oxygens (including phenoxy) is 4. The Morgan fingerprint density at radius 1 is 0.556 bits per heavy atom. The van der Waals surface area contributed by atoms with Crippen molar-refractivity contribution in [3.8, 4) is 51.7 Å². The molecule has 1 fully saturated rings. The molecular formula is C27H24O18. The zero-order valence-electron chi connectivity index (χ0n) is 22.3. The smallest absolute Gasteiger partial charge is 0.340 e. The van der Waals surface area contributed by atoms with Crippen molar-refractivity contribution in [1.29, 1.82) is 0 Å². The Bertz CT molecular complexity index is 1580. The van der Waals surface area contributed by atoms with Crippen molar-refractivity contribution < 1.29 is 89.5 Å². The molecule has 18 nitrogen and oxygen atoms in total. The van der Waals surface area contributed by atoms with Gasteiger partial charge in [-0.25, -0.2) is 14.4 Å². The number of aliphatic hydroxyl groups is 2. The summed E-state index contributed by atoms with van der Waals surface area (Å²) in [7, 11) is 0. The molecule has 1 heterocycles. The summed E-state index contributed by atoms with van der Waals surface area (Å²) in [5.41, 5.74) is -1.75. The van der Waals surface area contributed by atoms with Crippen LogP contribution in [0.1, 0.15) is 31.1 Å². The maximum Gasteiger partial charge on any atom is 0.340 e. The average Bonchev–Trinajstić information content (AvgIpc) is 2.99. The average molecular weight is 636 g/mol. The highest BCUT2D eigenvalue weighted by Crippen LogP contribution is 2.39. The number of aliphatic hydroxyl groups excluding tert-OH is 2. The van der Waals surface area contributed by atoms with Crippen LogP contribution in [0.4, 0.5) is 0 Å². The Balaban J connectivity index is 1.68. The highest BCUT2D eigenvalue weighted by Gasteiger charge is 2.51. The Labute approximate surface area is 249 Å². The van der Waals surface area contributed by atoms with Gasteiger partial charge >= 0.3 is 17.9 Å². The lowest BCUT2D eigenvalue weighted by Gasteiger charge is -2.42. The van der Waals surface area contributed by atoms with Gasteiger partial charge in [-0.1, -0.05) is 0 Å². The molecule has 11 N–H and O–H groups in total. The summed E-state index contributed by atoms with van der Waals surface area (Å²) >= 11 is 0. The summed E-state index contributed by atoms with van der Waals surface area (Å²) in [4.78, 5) is 38.7. The molecule has 4 rings (SSSR count). The fourth-order valence-electron chi connectivity index (χ4n) is 4.14. The first-order valence-electron chi connectivity index (χ1n) is 12.4. The van der Waals surface area contributed by atoms with E-state index in [1.807, 2.05) is 0 Å². The molecule has 0 spiro atoms. The number of aromatic hydroxyl groups is 9. The molecule has 45 heavy (non-hydrogen) atoms. The molecule has 1 saturated heterocycles. The molecule has 3 aromatic carbocycles. The lowest BCUT2D eigenvalue weighted by atomic mass is 9.98. The topological polar surface area (TPSA) is 311 Å². The number of carbonyl (C=O) groups is 3. The maximum absolute atomic E-state index is 13.0. The molecule has 0 unspecified atom stereocenters. The lowest BCUT2D eigenvalue weighted by molar-refractivity contribution is -0.283. The van der Waals surface area contributed by atoms with Gasteiger partial charge in [0.2, 0.25) is 6.29 Å². The van der Waals surface area contributed by atoms with Gasteiger partial charge in [-0.3, -0.25) is 0 Å². The normalized spacial score (nSPS) is 21.1. The van der Waals surface area contributed by atoms with Crippen LogP contribution in [0.2, 0.25) is 0 Å². The first-order valence-corrected chi connectivity index (χ1v) is 12.4. The number of phenols is 9. The van der Waals surface area contributed by atoms with E-state index >= 15 is 0 Å². The Kier molecular flexibility index (Phi) is 8.84. The minimum absolute atomic E-state index is 0.566. The number of rotatable bonds is 7. The van der Waals surface area contributed by atoms with Gasteiger partial charge in [-0.2, -0.15) is 0 Å². The van der Waals surface area contributed by atoms with Crippen molar-refractivity contribution in [2.45, 2.75) is 30.7 Å². The predicted molar refractivity (Wildman–Crippen MR) is 140 cm³/mol. The first-order chi connectivity index (χ1) is 21.1. The van der Waals surface area contributed by atoms with Crippen molar-refractivity contribution >= 4 is 17.9 Å². The van der Waals surface area contributed by atoms with Crippen LogP contribution in [-0.2, 0) is 18.9 Å². The third-order valence-electron chi connectivity index (χ3n) is 6.42. The summed E-state index contributed by atoms with van der Waals surface area (Å²) in [6, 6.07) is 4.06. The van der Waals surface area contributed by atoms with E-state index in [-0.39, 0.29) is 0 Å². The highest BCUT2D eigenvalue weighted by atomic mass is 16.7. The number of esters is 3. The molecule has 0 aliphatic carbocycles. The van der Waals surface area contributed by atoms with E-state index in [4.69, 9.17) is 18.9 Å². The van der Waals surface area contributed by atoms with Gasteiger partial charge in [-0.15, -0.1) is 0 Å². The number of hydrogen-bond donors (Lipinski definition) is 11. The van der Waals surface area contributed by atoms with Gasteiger partial charge < -0.3 is 75.1 Å². The Morgan fingerprint density at radius 3 is 1.20 bits per heavy atom. The second kappa shape index (κ2) is 12.4. The van der Waals surface area contributed by atoms with E-state index in [1.54, 1.807) is 0 Å². The number of benzene rings is 3. The predicted octanol–water partition coefficient (Wildman–Crippen LogP) is -0.277. The van der Waals surface area contributed by atoms with Gasteiger partial charge in [-0.05, 0) is 36.4 Å². The van der Waals surface area contributed by atoms with Gasteiger partial charge in [0.05, 0.1) is 23.3 Å². The molecule has 0 radical (unpaired) electrons. The second-order valence-electron chi connectivity index (χ2n) is 9.45. The van der Waals surface area contributed by atoms with E-state index in [0.717, 1.165) is 0 Å². The molecule has 0 bridgehead atoms. The molecule has 1 aliphatic rings. The molecule has 0 aromatic heterocycles. The van der Waals surface area contributed by atoms with Crippen LogP contribution in [0.15, 0.2) is 36.4 Å². The van der Waals surface area contributed by atoms with Crippen LogP contribution in [0, 0.1) is 0 Å². The fraction of sp³-hybridized carbons (Fsp3) is 0.222. The summed E-state index contributed by atoms with van der Waals surface area (Å²) in [5, 5.41) is 108. The van der Waals surface area contributed by atoms with Crippen molar-refractivity contribution in [2.75, 3.05) is 6.61 Å². The molecule has 3 aromatic rings. The van der Waals surface area contributed by atoms with E-state index in [9.17, 15) is 70.6 Å². The molecule has 0 amide bonds. The van der Waals surface area contributed by atoms with E-state index in [2.05, 4.69) is 0 Å². The summed E-state index contributed by atoms with van der Waals surface area (Å²) in [6.45, 7) is -1.06. The Morgan fingerprint density at radius 2 is 0.867 bits per heavy atom.